The Labute approximate surface area is 134 Å². The molecule has 0 aromatic heterocycles. The number of ketones is 1. The number of carboxylic acid groups (broad SMARTS) is 1. The number of Topliss-reactive ketones (excluding diaryl/α,β-unsaturated/α-hetero) is 1. The van der Waals surface area contributed by atoms with Crippen molar-refractivity contribution in [1.82, 2.24) is 0 Å². The summed E-state index contributed by atoms with van der Waals surface area (Å²) in [5.74, 6) is -1.22. The Morgan fingerprint density at radius 2 is 1.16 bits per heavy atom. The third-order valence-corrected chi connectivity index (χ3v) is 0.877. The Hall–Kier alpha value is -0.110. The fraction of sp³-hybridized carbons (Fsp3) is 0.833. The Kier molecular flexibility index (Phi) is 59.5. The van der Waals surface area contributed by atoms with E-state index in [2.05, 4.69) is 0 Å². The van der Waals surface area contributed by atoms with Crippen LogP contribution in [0.3, 0.4) is 0 Å². The molecule has 0 amide bonds. The van der Waals surface area contributed by atoms with Crippen LogP contribution in [0, 0.1) is 0 Å². The van der Waals surface area contributed by atoms with E-state index in [1.54, 1.807) is 20.8 Å². The second-order valence-electron chi connectivity index (χ2n) is 2.73. The van der Waals surface area contributed by atoms with Crippen molar-refractivity contribution in [3.8, 4) is 0 Å². The largest absolute Gasteiger partial charge is 3.00 e. The van der Waals surface area contributed by atoms with Gasteiger partial charge in [-0.2, -0.15) is 0 Å². The first kappa shape index (κ1) is 31.3. The second kappa shape index (κ2) is 36.1. The Bertz CT molecular complexity index is 160. The van der Waals surface area contributed by atoms with Gasteiger partial charge < -0.3 is 20.4 Å². The molecule has 0 atom stereocenters. The molecule has 19 heavy (non-hydrogen) atoms. The number of rotatable bonds is 4. The van der Waals surface area contributed by atoms with Crippen LogP contribution in [0.25, 0.3) is 0 Å². The number of carboxylic acids is 1. The zero-order chi connectivity index (χ0) is 15.4. The molecule has 0 bridgehead atoms. The number of carbonyl (C=O) groups excluding carboxylic acids is 1. The summed E-state index contributed by atoms with van der Waals surface area (Å²) in [6.07, 6.45) is 0.784. The predicted octanol–water partition coefficient (Wildman–Crippen LogP) is -1.45. The summed E-state index contributed by atoms with van der Waals surface area (Å²) in [5, 5.41) is 34.9. The summed E-state index contributed by atoms with van der Waals surface area (Å²) < 4.78 is 0. The van der Waals surface area contributed by atoms with Gasteiger partial charge in [-0.05, 0) is 6.42 Å². The minimum atomic E-state index is -1.03. The maximum Gasteiger partial charge on any atom is 3.00 e. The van der Waals surface area contributed by atoms with E-state index in [0.717, 1.165) is 6.42 Å². The van der Waals surface area contributed by atoms with Crippen LogP contribution in [0.15, 0.2) is 0 Å². The van der Waals surface area contributed by atoms with Gasteiger partial charge in [-0.15, -0.1) is 19.8 Å². The van der Waals surface area contributed by atoms with Crippen LogP contribution in [0.5, 0.6) is 0 Å². The molecular formula is C12H25InO6. The van der Waals surface area contributed by atoms with Crippen molar-refractivity contribution in [1.29, 1.82) is 0 Å². The second-order valence-corrected chi connectivity index (χ2v) is 2.73. The number of carbonyl (C=O) groups is 2. The van der Waals surface area contributed by atoms with Gasteiger partial charge in [0.15, 0.2) is 0 Å². The minimum absolute atomic E-state index is 0. The minimum Gasteiger partial charge on any atom is -0.855 e. The molecule has 7 heteroatoms. The average molecular weight is 380 g/mol. The maximum absolute atomic E-state index is 10.5. The summed E-state index contributed by atoms with van der Waals surface area (Å²) in [6.45, 7) is 6.56. The molecule has 6 nitrogen and oxygen atoms in total. The predicted molar refractivity (Wildman–Crippen MR) is 69.5 cm³/mol. The first-order valence-electron chi connectivity index (χ1n) is 5.89. The average Bonchev–Trinajstić information content (AvgIpc) is 2.19. The monoisotopic (exact) mass is 380 g/mol. The van der Waals surface area contributed by atoms with Gasteiger partial charge in [0.1, 0.15) is 12.2 Å². The molecule has 112 valence electrons. The van der Waals surface area contributed by atoms with Gasteiger partial charge in [0.25, 0.3) is 0 Å². The zero-order valence-corrected chi connectivity index (χ0v) is 15.6. The third-order valence-electron chi connectivity index (χ3n) is 0.877. The van der Waals surface area contributed by atoms with Crippen LogP contribution in [-0.4, -0.2) is 62.5 Å². The van der Waals surface area contributed by atoms with E-state index < -0.39 is 5.97 Å². The maximum atomic E-state index is 10.5. The fourth-order valence-electron chi connectivity index (χ4n) is 0.536. The van der Waals surface area contributed by atoms with Crippen molar-refractivity contribution < 1.29 is 30.0 Å². The fourth-order valence-corrected chi connectivity index (χ4v) is 0.536. The van der Waals surface area contributed by atoms with Crippen LogP contribution in [0.1, 0.15) is 47.0 Å². The molecule has 0 spiro atoms. The molecule has 0 unspecified atom stereocenters. The van der Waals surface area contributed by atoms with E-state index in [9.17, 15) is 9.59 Å². The number of aliphatic carboxylic acids is 1. The number of hydrogen-bond acceptors (Lipinski definition) is 5. The molecule has 0 aromatic rings. The summed E-state index contributed by atoms with van der Waals surface area (Å²) >= 11 is 0. The molecule has 0 saturated heterocycles. The summed E-state index contributed by atoms with van der Waals surface area (Å²) in [6, 6.07) is 0. The van der Waals surface area contributed by atoms with E-state index in [1.165, 1.54) is 0 Å². The van der Waals surface area contributed by atoms with Gasteiger partial charge >= 0.3 is 31.8 Å². The summed E-state index contributed by atoms with van der Waals surface area (Å²) in [5.41, 5.74) is 0. The van der Waals surface area contributed by atoms with Crippen LogP contribution < -0.4 is 15.3 Å². The summed E-state index contributed by atoms with van der Waals surface area (Å²) in [7, 11) is 0. The van der Waals surface area contributed by atoms with Crippen LogP contribution in [-0.2, 0) is 9.59 Å². The van der Waals surface area contributed by atoms with E-state index in [1.807, 2.05) is 6.92 Å². The van der Waals surface area contributed by atoms with Crippen LogP contribution in [0.2, 0.25) is 0 Å². The first-order chi connectivity index (χ1) is 8.41. The normalized spacial score (nSPS) is 7.11. The SMILES string of the molecule is CCCC(=O)CC(=O)O.CC[O-].CC[O-].CC[O-].[In+3]. The van der Waals surface area contributed by atoms with E-state index in [-0.39, 0.29) is 57.9 Å². The van der Waals surface area contributed by atoms with E-state index in [0.29, 0.717) is 6.42 Å². The topological polar surface area (TPSA) is 124 Å². The molecular weight excluding hydrogens is 355 g/mol. The standard InChI is InChI=1S/C6H10O3.3C2H5O.In/c1-2-3-5(7)4-6(8)9;3*1-2-3;/h2-4H2,1H3,(H,8,9);3*2H2,1H3;/q;3*-1;+3. The van der Waals surface area contributed by atoms with Crippen molar-refractivity contribution in [2.45, 2.75) is 47.0 Å². The molecule has 0 aliphatic carbocycles. The molecule has 0 rings (SSSR count). The Morgan fingerprint density at radius 3 is 1.32 bits per heavy atom. The van der Waals surface area contributed by atoms with E-state index in [4.69, 9.17) is 20.4 Å². The van der Waals surface area contributed by atoms with Gasteiger partial charge in [-0.1, -0.05) is 27.7 Å². The van der Waals surface area contributed by atoms with Crippen molar-refractivity contribution in [3.63, 3.8) is 0 Å². The van der Waals surface area contributed by atoms with Gasteiger partial charge in [-0.3, -0.25) is 9.59 Å². The van der Waals surface area contributed by atoms with Gasteiger partial charge in [0.05, 0.1) is 0 Å². The third kappa shape index (κ3) is 95.2. The van der Waals surface area contributed by atoms with Gasteiger partial charge in [0, 0.05) is 6.42 Å². The Morgan fingerprint density at radius 1 is 0.895 bits per heavy atom. The summed E-state index contributed by atoms with van der Waals surface area (Å²) in [4.78, 5) is 20.3. The van der Waals surface area contributed by atoms with Crippen LogP contribution in [0.4, 0.5) is 0 Å². The molecule has 0 aliphatic heterocycles. The molecule has 0 radical (unpaired) electrons. The van der Waals surface area contributed by atoms with Crippen molar-refractivity contribution in [3.05, 3.63) is 0 Å². The smallest absolute Gasteiger partial charge is 0.855 e. The van der Waals surface area contributed by atoms with E-state index >= 15 is 0 Å². The molecule has 0 aliphatic rings. The molecule has 0 saturated carbocycles. The molecule has 1 N–H and O–H groups in total. The van der Waals surface area contributed by atoms with Gasteiger partial charge in [-0.25, -0.2) is 0 Å². The Balaban J connectivity index is -0.0000000548. The van der Waals surface area contributed by atoms with Crippen molar-refractivity contribution >= 4 is 37.6 Å². The molecule has 0 heterocycles. The molecule has 0 fully saturated rings. The van der Waals surface area contributed by atoms with Crippen molar-refractivity contribution in [2.75, 3.05) is 19.8 Å². The molecule has 0 aromatic carbocycles. The first-order valence-corrected chi connectivity index (χ1v) is 5.89. The number of hydrogen-bond donors (Lipinski definition) is 1. The van der Waals surface area contributed by atoms with Crippen LogP contribution >= 0.6 is 0 Å². The van der Waals surface area contributed by atoms with Gasteiger partial charge in [0.2, 0.25) is 0 Å². The van der Waals surface area contributed by atoms with Crippen molar-refractivity contribution in [2.24, 2.45) is 0 Å². The zero-order valence-electron chi connectivity index (χ0n) is 12.3. The quantitative estimate of drug-likeness (QED) is 0.596.